The Bertz CT molecular complexity index is 616. The fourth-order valence-corrected chi connectivity index (χ4v) is 2.90. The number of H-pyrrole nitrogens is 1. The first-order valence-electron chi connectivity index (χ1n) is 5.84. The monoisotopic (exact) mass is 283 g/mol. The lowest BCUT2D eigenvalue weighted by Crippen LogP contribution is -2.26. The van der Waals surface area contributed by atoms with E-state index in [4.69, 9.17) is 4.42 Å². The first-order valence-corrected chi connectivity index (χ1v) is 7.28. The van der Waals surface area contributed by atoms with Crippen LogP contribution in [-0.2, 0) is 23.1 Å². The number of sulfonamides is 1. The van der Waals surface area contributed by atoms with Crippen LogP contribution in [0.25, 0.3) is 0 Å². The van der Waals surface area contributed by atoms with Gasteiger partial charge in [-0.25, -0.2) is 8.42 Å². The smallest absolute Gasteiger partial charge is 0.244 e. The van der Waals surface area contributed by atoms with Gasteiger partial charge in [0.1, 0.15) is 5.76 Å². The van der Waals surface area contributed by atoms with Gasteiger partial charge < -0.3 is 14.7 Å². The molecule has 2 aromatic rings. The third-order valence-electron chi connectivity index (χ3n) is 2.75. The minimum absolute atomic E-state index is 0.210. The van der Waals surface area contributed by atoms with Crippen molar-refractivity contribution in [2.45, 2.75) is 18.0 Å². The van der Waals surface area contributed by atoms with E-state index < -0.39 is 10.0 Å². The van der Waals surface area contributed by atoms with Crippen LogP contribution in [0.3, 0.4) is 0 Å². The van der Waals surface area contributed by atoms with Crippen molar-refractivity contribution in [3.8, 4) is 0 Å². The minimum Gasteiger partial charge on any atom is -0.468 e. The van der Waals surface area contributed by atoms with Gasteiger partial charge in [-0.3, -0.25) is 0 Å². The van der Waals surface area contributed by atoms with E-state index in [1.807, 2.05) is 0 Å². The van der Waals surface area contributed by atoms with Gasteiger partial charge in [0.2, 0.25) is 10.0 Å². The van der Waals surface area contributed by atoms with Crippen LogP contribution in [0.5, 0.6) is 0 Å². The molecule has 0 unspecified atom stereocenters. The maximum atomic E-state index is 12.3. The summed E-state index contributed by atoms with van der Waals surface area (Å²) in [6, 6.07) is 5.11. The van der Waals surface area contributed by atoms with Crippen LogP contribution in [-0.4, -0.2) is 31.8 Å². The van der Waals surface area contributed by atoms with Gasteiger partial charge in [-0.1, -0.05) is 0 Å². The van der Waals surface area contributed by atoms with Crippen molar-refractivity contribution in [2.24, 2.45) is 0 Å². The molecule has 0 saturated carbocycles. The summed E-state index contributed by atoms with van der Waals surface area (Å²) < 4.78 is 31.1. The Morgan fingerprint density at radius 2 is 2.26 bits per heavy atom. The number of hydrogen-bond donors (Lipinski definition) is 2. The van der Waals surface area contributed by atoms with E-state index in [2.05, 4.69) is 10.3 Å². The van der Waals surface area contributed by atoms with Gasteiger partial charge in [0.05, 0.1) is 17.7 Å². The van der Waals surface area contributed by atoms with E-state index in [0.29, 0.717) is 12.3 Å². The third kappa shape index (κ3) is 3.06. The van der Waals surface area contributed by atoms with Crippen LogP contribution >= 0.6 is 0 Å². The third-order valence-corrected chi connectivity index (χ3v) is 4.53. The molecule has 6 nitrogen and oxygen atoms in total. The lowest BCUT2D eigenvalue weighted by atomic mass is 10.4. The summed E-state index contributed by atoms with van der Waals surface area (Å²) in [5, 5.41) is 2.96. The van der Waals surface area contributed by atoms with Gasteiger partial charge in [-0.05, 0) is 25.2 Å². The SMILES string of the molecule is CNCc1cc(S(=O)(=O)N(C)Cc2ccco2)c[nH]1. The molecule has 2 heterocycles. The summed E-state index contributed by atoms with van der Waals surface area (Å²) in [6.45, 7) is 0.805. The predicted molar refractivity (Wildman–Crippen MR) is 70.9 cm³/mol. The molecule has 0 bridgehead atoms. The van der Waals surface area contributed by atoms with Crippen LogP contribution < -0.4 is 5.32 Å². The van der Waals surface area contributed by atoms with Gasteiger partial charge >= 0.3 is 0 Å². The van der Waals surface area contributed by atoms with Crippen LogP contribution in [0.2, 0.25) is 0 Å². The second-order valence-corrected chi connectivity index (χ2v) is 6.28. The molecule has 0 fully saturated rings. The molecule has 7 heteroatoms. The zero-order chi connectivity index (χ0) is 13.9. The molecule has 0 amide bonds. The van der Waals surface area contributed by atoms with Crippen molar-refractivity contribution < 1.29 is 12.8 Å². The standard InChI is InChI=1S/C12H17N3O3S/c1-13-7-10-6-12(8-14-10)19(16,17)15(2)9-11-4-3-5-18-11/h3-6,8,13-14H,7,9H2,1-2H3. The first kappa shape index (κ1) is 13.9. The molecule has 0 aromatic carbocycles. The van der Waals surface area contributed by atoms with E-state index >= 15 is 0 Å². The number of hydrogen-bond acceptors (Lipinski definition) is 4. The van der Waals surface area contributed by atoms with Gasteiger partial charge in [0.15, 0.2) is 0 Å². The zero-order valence-electron chi connectivity index (χ0n) is 10.9. The van der Waals surface area contributed by atoms with Gasteiger partial charge in [-0.15, -0.1) is 0 Å². The average molecular weight is 283 g/mol. The van der Waals surface area contributed by atoms with E-state index in [1.165, 1.54) is 23.8 Å². The maximum Gasteiger partial charge on any atom is 0.244 e. The summed E-state index contributed by atoms with van der Waals surface area (Å²) in [5.74, 6) is 0.608. The largest absolute Gasteiger partial charge is 0.468 e. The molecule has 0 aliphatic carbocycles. The van der Waals surface area contributed by atoms with Crippen LogP contribution in [0, 0.1) is 0 Å². The van der Waals surface area contributed by atoms with E-state index in [0.717, 1.165) is 5.69 Å². The molecular formula is C12H17N3O3S. The van der Waals surface area contributed by atoms with Crippen molar-refractivity contribution in [1.82, 2.24) is 14.6 Å². The lowest BCUT2D eigenvalue weighted by molar-refractivity contribution is 0.406. The molecular weight excluding hydrogens is 266 g/mol. The molecule has 2 N–H and O–H groups in total. The molecule has 2 rings (SSSR count). The molecule has 0 spiro atoms. The van der Waals surface area contributed by atoms with E-state index in [-0.39, 0.29) is 11.4 Å². The second-order valence-electron chi connectivity index (χ2n) is 4.23. The molecule has 104 valence electrons. The predicted octanol–water partition coefficient (Wildman–Crippen LogP) is 1.15. The number of aromatic nitrogens is 1. The molecule has 2 aromatic heterocycles. The minimum atomic E-state index is -3.50. The summed E-state index contributed by atoms with van der Waals surface area (Å²) in [6.07, 6.45) is 3.03. The highest BCUT2D eigenvalue weighted by atomic mass is 32.2. The Hall–Kier alpha value is -1.57. The Balaban J connectivity index is 2.16. The van der Waals surface area contributed by atoms with Crippen LogP contribution in [0.15, 0.2) is 40.0 Å². The fourth-order valence-electron chi connectivity index (χ4n) is 1.75. The number of furan rings is 1. The summed E-state index contributed by atoms with van der Waals surface area (Å²) in [5.41, 5.74) is 0.826. The van der Waals surface area contributed by atoms with Gasteiger partial charge in [-0.2, -0.15) is 4.31 Å². The fraction of sp³-hybridized carbons (Fsp3) is 0.333. The molecule has 0 saturated heterocycles. The number of nitrogens with zero attached hydrogens (tertiary/aromatic N) is 1. The zero-order valence-corrected chi connectivity index (χ0v) is 11.7. The number of rotatable bonds is 6. The Morgan fingerprint density at radius 1 is 1.47 bits per heavy atom. The Labute approximate surface area is 112 Å². The Kier molecular flexibility index (Phi) is 4.08. The number of aromatic amines is 1. The lowest BCUT2D eigenvalue weighted by Gasteiger charge is -2.14. The molecule has 19 heavy (non-hydrogen) atoms. The van der Waals surface area contributed by atoms with Gasteiger partial charge in [0.25, 0.3) is 0 Å². The maximum absolute atomic E-state index is 12.3. The van der Waals surface area contributed by atoms with E-state index in [9.17, 15) is 8.42 Å². The Morgan fingerprint density at radius 3 is 2.89 bits per heavy atom. The molecule has 0 atom stereocenters. The second kappa shape index (κ2) is 5.60. The van der Waals surface area contributed by atoms with Crippen molar-refractivity contribution in [1.29, 1.82) is 0 Å². The highest BCUT2D eigenvalue weighted by Gasteiger charge is 2.22. The molecule has 0 radical (unpaired) electrons. The van der Waals surface area contributed by atoms with Crippen LogP contribution in [0.1, 0.15) is 11.5 Å². The number of nitrogens with one attached hydrogen (secondary N) is 2. The summed E-state index contributed by atoms with van der Waals surface area (Å²) in [7, 11) is -0.164. The van der Waals surface area contributed by atoms with Crippen molar-refractivity contribution in [3.05, 3.63) is 42.1 Å². The highest BCUT2D eigenvalue weighted by molar-refractivity contribution is 7.89. The van der Waals surface area contributed by atoms with E-state index in [1.54, 1.807) is 25.2 Å². The average Bonchev–Trinajstić information content (AvgIpc) is 3.00. The summed E-state index contributed by atoms with van der Waals surface area (Å²) >= 11 is 0. The van der Waals surface area contributed by atoms with Crippen molar-refractivity contribution in [3.63, 3.8) is 0 Å². The van der Waals surface area contributed by atoms with Crippen LogP contribution in [0.4, 0.5) is 0 Å². The topological polar surface area (TPSA) is 78.3 Å². The molecule has 0 aliphatic rings. The van der Waals surface area contributed by atoms with Crippen molar-refractivity contribution >= 4 is 10.0 Å². The summed E-state index contributed by atoms with van der Waals surface area (Å²) in [4.78, 5) is 3.19. The highest BCUT2D eigenvalue weighted by Crippen LogP contribution is 2.17. The quantitative estimate of drug-likeness (QED) is 0.833. The normalized spacial score (nSPS) is 12.2. The first-order chi connectivity index (χ1) is 9.04. The molecule has 0 aliphatic heterocycles. The van der Waals surface area contributed by atoms with Gasteiger partial charge in [0, 0.05) is 25.5 Å². The van der Waals surface area contributed by atoms with Crippen molar-refractivity contribution in [2.75, 3.05) is 14.1 Å².